The summed E-state index contributed by atoms with van der Waals surface area (Å²) in [6.07, 6.45) is 3.03. The lowest BCUT2D eigenvalue weighted by molar-refractivity contribution is 0.0697. The van der Waals surface area contributed by atoms with Crippen LogP contribution < -0.4 is 5.32 Å². The Kier molecular flexibility index (Phi) is 4.27. The number of carboxylic acid groups (broad SMARTS) is 1. The number of rotatable bonds is 3. The molecule has 108 valence electrons. The Bertz CT molecular complexity index is 498. The summed E-state index contributed by atoms with van der Waals surface area (Å²) in [5, 5.41) is 11.7. The molecular formula is C15H20N2O3. The predicted molar refractivity (Wildman–Crippen MR) is 77.0 cm³/mol. The van der Waals surface area contributed by atoms with Gasteiger partial charge in [0.25, 0.3) is 0 Å². The molecule has 2 rings (SSSR count). The highest BCUT2D eigenvalue weighted by Crippen LogP contribution is 2.26. The van der Waals surface area contributed by atoms with Crippen LogP contribution in [0.4, 0.5) is 10.5 Å². The first-order valence-electron chi connectivity index (χ1n) is 6.95. The number of urea groups is 1. The highest BCUT2D eigenvalue weighted by atomic mass is 16.4. The Balaban J connectivity index is 2.05. The minimum absolute atomic E-state index is 0.107. The lowest BCUT2D eigenvalue weighted by Gasteiger charge is -2.28. The molecule has 1 saturated heterocycles. The van der Waals surface area contributed by atoms with E-state index in [0.29, 0.717) is 11.7 Å². The second kappa shape index (κ2) is 5.94. The SMILES string of the molecule is CCC1CCC(C)N1C(=O)Nc1ccc(C(=O)O)cc1. The minimum atomic E-state index is -0.970. The predicted octanol–water partition coefficient (Wildman–Crippen LogP) is 3.18. The third-order valence-electron chi connectivity index (χ3n) is 3.87. The summed E-state index contributed by atoms with van der Waals surface area (Å²) >= 11 is 0. The summed E-state index contributed by atoms with van der Waals surface area (Å²) in [6, 6.07) is 6.64. The molecule has 0 radical (unpaired) electrons. The van der Waals surface area contributed by atoms with Crippen LogP contribution in [0.1, 0.15) is 43.5 Å². The van der Waals surface area contributed by atoms with Crippen molar-refractivity contribution >= 4 is 17.7 Å². The summed E-state index contributed by atoms with van der Waals surface area (Å²) in [7, 11) is 0. The monoisotopic (exact) mass is 276 g/mol. The first kappa shape index (κ1) is 14.4. The zero-order valence-electron chi connectivity index (χ0n) is 11.8. The Labute approximate surface area is 118 Å². The van der Waals surface area contributed by atoms with Crippen LogP contribution in [0.2, 0.25) is 0 Å². The first-order valence-corrected chi connectivity index (χ1v) is 6.95. The molecule has 5 heteroatoms. The van der Waals surface area contributed by atoms with Gasteiger partial charge in [-0.05, 0) is 50.5 Å². The van der Waals surface area contributed by atoms with Gasteiger partial charge in [0, 0.05) is 17.8 Å². The number of benzene rings is 1. The summed E-state index contributed by atoms with van der Waals surface area (Å²) in [4.78, 5) is 25.0. The van der Waals surface area contributed by atoms with Crippen molar-refractivity contribution in [3.8, 4) is 0 Å². The molecule has 2 amide bonds. The van der Waals surface area contributed by atoms with Crippen molar-refractivity contribution in [3.63, 3.8) is 0 Å². The Morgan fingerprint density at radius 3 is 2.50 bits per heavy atom. The van der Waals surface area contributed by atoms with Gasteiger partial charge in [-0.25, -0.2) is 9.59 Å². The quantitative estimate of drug-likeness (QED) is 0.890. The minimum Gasteiger partial charge on any atom is -0.478 e. The second-order valence-corrected chi connectivity index (χ2v) is 5.21. The van der Waals surface area contributed by atoms with E-state index in [0.717, 1.165) is 19.3 Å². The highest BCUT2D eigenvalue weighted by molar-refractivity contribution is 5.92. The number of carbonyl (C=O) groups excluding carboxylic acids is 1. The third-order valence-corrected chi connectivity index (χ3v) is 3.87. The van der Waals surface area contributed by atoms with Crippen LogP contribution in [-0.2, 0) is 0 Å². The molecule has 0 aliphatic carbocycles. The van der Waals surface area contributed by atoms with E-state index in [2.05, 4.69) is 19.2 Å². The van der Waals surface area contributed by atoms with Crippen molar-refractivity contribution in [1.29, 1.82) is 0 Å². The molecule has 2 N–H and O–H groups in total. The standard InChI is InChI=1S/C15H20N2O3/c1-3-13-9-4-10(2)17(13)15(20)16-12-7-5-11(6-8-12)14(18)19/h5-8,10,13H,3-4,9H2,1-2H3,(H,16,20)(H,18,19). The molecule has 1 heterocycles. The Morgan fingerprint density at radius 1 is 1.30 bits per heavy atom. The van der Waals surface area contributed by atoms with E-state index < -0.39 is 5.97 Å². The summed E-state index contributed by atoms with van der Waals surface area (Å²) < 4.78 is 0. The number of hydrogen-bond donors (Lipinski definition) is 2. The maximum Gasteiger partial charge on any atom is 0.335 e. The maximum absolute atomic E-state index is 12.3. The van der Waals surface area contributed by atoms with Gasteiger partial charge >= 0.3 is 12.0 Å². The van der Waals surface area contributed by atoms with Gasteiger partial charge in [-0.2, -0.15) is 0 Å². The van der Waals surface area contributed by atoms with Crippen LogP contribution in [-0.4, -0.2) is 34.1 Å². The van der Waals surface area contributed by atoms with Gasteiger partial charge in [0.2, 0.25) is 0 Å². The van der Waals surface area contributed by atoms with Crippen molar-refractivity contribution in [1.82, 2.24) is 4.90 Å². The van der Waals surface area contributed by atoms with Crippen molar-refractivity contribution in [2.24, 2.45) is 0 Å². The van der Waals surface area contributed by atoms with E-state index in [-0.39, 0.29) is 17.6 Å². The summed E-state index contributed by atoms with van der Waals surface area (Å²) in [5.41, 5.74) is 0.831. The second-order valence-electron chi connectivity index (χ2n) is 5.21. The van der Waals surface area contributed by atoms with Gasteiger partial charge in [-0.15, -0.1) is 0 Å². The Morgan fingerprint density at radius 2 is 1.95 bits per heavy atom. The number of anilines is 1. The molecule has 20 heavy (non-hydrogen) atoms. The van der Waals surface area contributed by atoms with Gasteiger partial charge in [0.05, 0.1) is 5.56 Å². The van der Waals surface area contributed by atoms with Gasteiger partial charge in [0.15, 0.2) is 0 Å². The van der Waals surface area contributed by atoms with Crippen LogP contribution in [0.25, 0.3) is 0 Å². The molecule has 1 aliphatic heterocycles. The van der Waals surface area contributed by atoms with Gasteiger partial charge in [-0.1, -0.05) is 6.92 Å². The number of nitrogens with zero attached hydrogens (tertiary/aromatic N) is 1. The molecule has 5 nitrogen and oxygen atoms in total. The van der Waals surface area contributed by atoms with E-state index in [1.807, 2.05) is 4.90 Å². The molecule has 2 unspecified atom stereocenters. The molecule has 0 saturated carbocycles. The Hall–Kier alpha value is -2.04. The lowest BCUT2D eigenvalue weighted by atomic mass is 10.2. The number of nitrogens with one attached hydrogen (secondary N) is 1. The van der Waals surface area contributed by atoms with Crippen molar-refractivity contribution < 1.29 is 14.7 Å². The fourth-order valence-electron chi connectivity index (χ4n) is 2.72. The molecule has 0 aromatic heterocycles. The van der Waals surface area contributed by atoms with Gasteiger partial charge in [-0.3, -0.25) is 0 Å². The van der Waals surface area contributed by atoms with E-state index in [9.17, 15) is 9.59 Å². The molecule has 1 fully saturated rings. The van der Waals surface area contributed by atoms with Crippen molar-refractivity contribution in [2.75, 3.05) is 5.32 Å². The van der Waals surface area contributed by atoms with Crippen LogP contribution in [0.3, 0.4) is 0 Å². The number of likely N-dealkylation sites (tertiary alicyclic amines) is 1. The molecule has 1 aromatic carbocycles. The number of amides is 2. The number of hydrogen-bond acceptors (Lipinski definition) is 2. The van der Waals surface area contributed by atoms with E-state index in [1.165, 1.54) is 12.1 Å². The number of carboxylic acids is 1. The molecule has 2 atom stereocenters. The summed E-state index contributed by atoms with van der Waals surface area (Å²) in [5.74, 6) is -0.970. The molecule has 0 spiro atoms. The zero-order valence-corrected chi connectivity index (χ0v) is 11.8. The van der Waals surface area contributed by atoms with Crippen LogP contribution in [0.15, 0.2) is 24.3 Å². The topological polar surface area (TPSA) is 69.6 Å². The average Bonchev–Trinajstić information content (AvgIpc) is 2.80. The largest absolute Gasteiger partial charge is 0.478 e. The number of carbonyl (C=O) groups is 2. The van der Waals surface area contributed by atoms with E-state index in [4.69, 9.17) is 5.11 Å². The van der Waals surface area contributed by atoms with Crippen molar-refractivity contribution in [2.45, 2.75) is 45.2 Å². The van der Waals surface area contributed by atoms with Gasteiger partial charge in [0.1, 0.15) is 0 Å². The average molecular weight is 276 g/mol. The van der Waals surface area contributed by atoms with E-state index in [1.54, 1.807) is 12.1 Å². The fraction of sp³-hybridized carbons (Fsp3) is 0.467. The van der Waals surface area contributed by atoms with Crippen LogP contribution in [0.5, 0.6) is 0 Å². The van der Waals surface area contributed by atoms with Crippen molar-refractivity contribution in [3.05, 3.63) is 29.8 Å². The molecule has 1 aromatic rings. The summed E-state index contributed by atoms with van der Waals surface area (Å²) in [6.45, 7) is 4.15. The third kappa shape index (κ3) is 2.92. The lowest BCUT2D eigenvalue weighted by Crippen LogP contribution is -2.42. The van der Waals surface area contributed by atoms with E-state index >= 15 is 0 Å². The molecular weight excluding hydrogens is 256 g/mol. The zero-order chi connectivity index (χ0) is 14.7. The molecule has 0 bridgehead atoms. The van der Waals surface area contributed by atoms with Crippen LogP contribution >= 0.6 is 0 Å². The number of aromatic carboxylic acids is 1. The fourth-order valence-corrected chi connectivity index (χ4v) is 2.72. The van der Waals surface area contributed by atoms with Crippen LogP contribution in [0, 0.1) is 0 Å². The highest BCUT2D eigenvalue weighted by Gasteiger charge is 2.33. The van der Waals surface area contributed by atoms with Gasteiger partial charge < -0.3 is 15.3 Å². The normalized spacial score (nSPS) is 21.8. The maximum atomic E-state index is 12.3. The first-order chi connectivity index (χ1) is 9.52. The molecule has 1 aliphatic rings. The smallest absolute Gasteiger partial charge is 0.335 e.